The van der Waals surface area contributed by atoms with Crippen LogP contribution in [0.25, 0.3) is 0 Å². The van der Waals surface area contributed by atoms with Gasteiger partial charge in [0.2, 0.25) is 0 Å². The molecule has 0 saturated heterocycles. The van der Waals surface area contributed by atoms with Crippen molar-refractivity contribution in [3.8, 4) is 23.0 Å². The van der Waals surface area contributed by atoms with E-state index in [1.807, 2.05) is 0 Å². The van der Waals surface area contributed by atoms with Crippen LogP contribution >= 0.6 is 0 Å². The first-order valence-corrected chi connectivity index (χ1v) is 10.1. The van der Waals surface area contributed by atoms with E-state index < -0.39 is 74.8 Å². The highest BCUT2D eigenvalue weighted by Gasteiger charge is 2.45. The highest BCUT2D eigenvalue weighted by atomic mass is 19.1. The molecule has 0 heterocycles. The summed E-state index contributed by atoms with van der Waals surface area (Å²) in [6, 6.07) is 13.9. The van der Waals surface area contributed by atoms with Crippen molar-refractivity contribution >= 4 is 0 Å². The second-order valence-corrected chi connectivity index (χ2v) is 7.75. The first-order chi connectivity index (χ1) is 16.2. The van der Waals surface area contributed by atoms with Gasteiger partial charge in [0.15, 0.2) is 46.3 Å². The van der Waals surface area contributed by atoms with E-state index in [1.54, 1.807) is 0 Å². The van der Waals surface area contributed by atoms with Gasteiger partial charge in [-0.25, -0.2) is 17.6 Å². The van der Waals surface area contributed by atoms with Crippen LogP contribution in [0.3, 0.4) is 0 Å². The minimum absolute atomic E-state index is 0.242. The molecule has 0 aromatic heterocycles. The summed E-state index contributed by atoms with van der Waals surface area (Å²) in [5.74, 6) is -8.07. The van der Waals surface area contributed by atoms with Crippen molar-refractivity contribution in [1.82, 2.24) is 0 Å². The number of benzene rings is 4. The number of hydrogen-bond acceptors (Lipinski definition) is 4. The van der Waals surface area contributed by atoms with E-state index >= 15 is 13.2 Å². The zero-order chi connectivity index (χ0) is 24.6. The van der Waals surface area contributed by atoms with E-state index in [2.05, 4.69) is 0 Å². The molecular formula is C26H18F4O4. The maximum atomic E-state index is 15.5. The van der Waals surface area contributed by atoms with Gasteiger partial charge in [-0.3, -0.25) is 0 Å². The predicted molar refractivity (Wildman–Crippen MR) is 116 cm³/mol. The molecular weight excluding hydrogens is 452 g/mol. The van der Waals surface area contributed by atoms with Gasteiger partial charge in [0.05, 0.1) is 5.41 Å². The number of phenols is 4. The Hall–Kier alpha value is -4.20. The minimum atomic E-state index is -2.25. The third-order valence-corrected chi connectivity index (χ3v) is 5.83. The largest absolute Gasteiger partial charge is 0.505 e. The van der Waals surface area contributed by atoms with Crippen LogP contribution in [-0.4, -0.2) is 20.4 Å². The Balaban J connectivity index is 2.22. The SMILES string of the molecule is Oc1cccc(CC(c2cccc(O)c2F)(c2cccc(O)c2F)c2cccc(O)c2F)c1F. The van der Waals surface area contributed by atoms with E-state index in [4.69, 9.17) is 0 Å². The van der Waals surface area contributed by atoms with E-state index in [1.165, 1.54) is 30.3 Å². The lowest BCUT2D eigenvalue weighted by Crippen LogP contribution is -2.35. The van der Waals surface area contributed by atoms with Crippen LogP contribution in [-0.2, 0) is 11.8 Å². The molecule has 8 heteroatoms. The monoisotopic (exact) mass is 470 g/mol. The summed E-state index contributed by atoms with van der Waals surface area (Å²) in [6.07, 6.45) is -0.658. The van der Waals surface area contributed by atoms with Gasteiger partial charge < -0.3 is 20.4 Å². The average molecular weight is 470 g/mol. The van der Waals surface area contributed by atoms with Crippen molar-refractivity contribution in [2.75, 3.05) is 0 Å². The fraction of sp³-hybridized carbons (Fsp3) is 0.0769. The fourth-order valence-corrected chi connectivity index (χ4v) is 4.26. The predicted octanol–water partition coefficient (Wildman–Crippen LogP) is 5.64. The van der Waals surface area contributed by atoms with Crippen LogP contribution in [0.4, 0.5) is 17.6 Å². The van der Waals surface area contributed by atoms with Gasteiger partial charge in [0, 0.05) is 16.7 Å². The van der Waals surface area contributed by atoms with Gasteiger partial charge in [-0.1, -0.05) is 48.5 Å². The molecule has 0 spiro atoms. The molecule has 4 rings (SSSR count). The Morgan fingerprint density at radius 1 is 0.471 bits per heavy atom. The number of halogens is 4. The Morgan fingerprint density at radius 3 is 1.18 bits per heavy atom. The number of rotatable bonds is 5. The lowest BCUT2D eigenvalue weighted by Gasteiger charge is -2.37. The summed E-state index contributed by atoms with van der Waals surface area (Å²) in [7, 11) is 0. The molecule has 34 heavy (non-hydrogen) atoms. The van der Waals surface area contributed by atoms with Crippen molar-refractivity contribution in [3.05, 3.63) is 118 Å². The third-order valence-electron chi connectivity index (χ3n) is 5.83. The van der Waals surface area contributed by atoms with Crippen LogP contribution in [0.1, 0.15) is 22.3 Å². The van der Waals surface area contributed by atoms with Crippen molar-refractivity contribution in [2.24, 2.45) is 0 Å². The molecule has 4 nitrogen and oxygen atoms in total. The third kappa shape index (κ3) is 3.57. The van der Waals surface area contributed by atoms with E-state index in [-0.39, 0.29) is 5.56 Å². The first-order valence-electron chi connectivity index (χ1n) is 10.1. The molecule has 0 atom stereocenters. The fourth-order valence-electron chi connectivity index (χ4n) is 4.26. The molecule has 4 aromatic rings. The smallest absolute Gasteiger partial charge is 0.169 e. The van der Waals surface area contributed by atoms with Crippen LogP contribution in [0.5, 0.6) is 23.0 Å². The summed E-state index contributed by atoms with van der Waals surface area (Å²) in [4.78, 5) is 0. The van der Waals surface area contributed by atoms with Gasteiger partial charge in [-0.05, 0) is 36.2 Å². The van der Waals surface area contributed by atoms with Gasteiger partial charge >= 0.3 is 0 Å². The summed E-state index contributed by atoms with van der Waals surface area (Å²) >= 11 is 0. The highest BCUT2D eigenvalue weighted by Crippen LogP contribution is 2.48. The molecule has 0 aliphatic heterocycles. The van der Waals surface area contributed by atoms with Crippen molar-refractivity contribution in [3.63, 3.8) is 0 Å². The van der Waals surface area contributed by atoms with Crippen LogP contribution in [0, 0.1) is 23.3 Å². The van der Waals surface area contributed by atoms with Crippen LogP contribution < -0.4 is 0 Å². The van der Waals surface area contributed by atoms with Gasteiger partial charge in [-0.2, -0.15) is 0 Å². The molecule has 4 N–H and O–H groups in total. The molecule has 0 unspecified atom stereocenters. The second kappa shape index (κ2) is 8.62. The van der Waals surface area contributed by atoms with E-state index in [0.717, 1.165) is 42.5 Å². The average Bonchev–Trinajstić information content (AvgIpc) is 2.81. The zero-order valence-electron chi connectivity index (χ0n) is 17.4. The highest BCUT2D eigenvalue weighted by molar-refractivity contribution is 5.57. The Labute approximate surface area is 191 Å². The van der Waals surface area contributed by atoms with E-state index in [9.17, 15) is 24.8 Å². The molecule has 0 aliphatic carbocycles. The maximum Gasteiger partial charge on any atom is 0.169 e. The molecule has 0 radical (unpaired) electrons. The van der Waals surface area contributed by atoms with Gasteiger partial charge in [-0.15, -0.1) is 0 Å². The maximum absolute atomic E-state index is 15.5. The number of aromatic hydroxyl groups is 4. The van der Waals surface area contributed by atoms with Crippen LogP contribution in [0.15, 0.2) is 72.8 Å². The minimum Gasteiger partial charge on any atom is -0.505 e. The second-order valence-electron chi connectivity index (χ2n) is 7.75. The zero-order valence-corrected chi connectivity index (χ0v) is 17.4. The lowest BCUT2D eigenvalue weighted by atomic mass is 9.65. The topological polar surface area (TPSA) is 80.9 Å². The van der Waals surface area contributed by atoms with Crippen molar-refractivity contribution in [2.45, 2.75) is 11.8 Å². The molecule has 4 aromatic carbocycles. The summed E-state index contributed by atoms with van der Waals surface area (Å²) in [5.41, 5.74) is -3.85. The quantitative estimate of drug-likeness (QED) is 0.225. The van der Waals surface area contributed by atoms with Crippen molar-refractivity contribution < 1.29 is 38.0 Å². The first kappa shape index (κ1) is 23.0. The number of phenolic OH excluding ortho intramolecular Hbond substituents is 4. The summed E-state index contributed by atoms with van der Waals surface area (Å²) in [5, 5.41) is 40.2. The van der Waals surface area contributed by atoms with Gasteiger partial charge in [0.25, 0.3) is 0 Å². The van der Waals surface area contributed by atoms with Crippen LogP contribution in [0.2, 0.25) is 0 Å². The van der Waals surface area contributed by atoms with Crippen molar-refractivity contribution in [1.29, 1.82) is 0 Å². The molecule has 0 aliphatic rings. The Kier molecular flexibility index (Phi) is 5.83. The van der Waals surface area contributed by atoms with E-state index in [0.29, 0.717) is 0 Å². The van der Waals surface area contributed by atoms with Gasteiger partial charge in [0.1, 0.15) is 0 Å². The molecule has 0 saturated carbocycles. The lowest BCUT2D eigenvalue weighted by molar-refractivity contribution is 0.391. The Morgan fingerprint density at radius 2 is 0.794 bits per heavy atom. The standard InChI is InChI=1S/C26H18F4O4/c27-22-14(5-1-9-18(22)31)13-26(15-6-2-10-19(32)23(15)28,16-7-3-11-20(33)24(16)29)17-8-4-12-21(34)25(17)30/h1-12,31-34H,13H2. The summed E-state index contributed by atoms with van der Waals surface area (Å²) < 4.78 is 61.3. The normalized spacial score (nSPS) is 11.5. The molecule has 0 amide bonds. The number of hydrogen-bond donors (Lipinski definition) is 4. The Bertz CT molecular complexity index is 1260. The molecule has 0 bridgehead atoms. The summed E-state index contributed by atoms with van der Waals surface area (Å²) in [6.45, 7) is 0. The molecule has 174 valence electrons. The molecule has 0 fully saturated rings.